The predicted octanol–water partition coefficient (Wildman–Crippen LogP) is 1.97. The molecule has 7 nitrogen and oxygen atoms in total. The maximum atomic E-state index is 12.6. The van der Waals surface area contributed by atoms with Crippen LogP contribution in [0, 0.1) is 0 Å². The zero-order chi connectivity index (χ0) is 20.2. The van der Waals surface area contributed by atoms with Crippen LogP contribution in [0.25, 0.3) is 0 Å². The van der Waals surface area contributed by atoms with Gasteiger partial charge in [-0.2, -0.15) is 0 Å². The highest BCUT2D eigenvalue weighted by molar-refractivity contribution is 8.08. The number of hydrogen-bond donors (Lipinski definition) is 1. The van der Waals surface area contributed by atoms with E-state index < -0.39 is 31.6 Å². The highest BCUT2D eigenvalue weighted by atomic mass is 32.3. The number of hydrogen-bond acceptors (Lipinski definition) is 7. The summed E-state index contributed by atoms with van der Waals surface area (Å²) in [5, 5.41) is 0.474. The molecule has 0 saturated carbocycles. The second-order valence-corrected chi connectivity index (χ2v) is 13.7. The summed E-state index contributed by atoms with van der Waals surface area (Å²) in [7, 11) is -10.3. The molecular weight excluding hydrogens is 397 g/mol. The fourth-order valence-corrected chi connectivity index (χ4v) is 8.10. The Morgan fingerprint density at radius 2 is 1.69 bits per heavy atom. The number of nitrogens with two attached hydrogens (primary N) is 1. The van der Waals surface area contributed by atoms with Gasteiger partial charge in [0.05, 0.1) is 11.9 Å². The molecule has 0 aliphatic heterocycles. The molecule has 0 radical (unpaired) electrons. The molecule has 0 fully saturated rings. The molecule has 1 atom stereocenters. The largest absolute Gasteiger partial charge is 0.398 e. The minimum atomic E-state index is -3.66. The van der Waals surface area contributed by atoms with Gasteiger partial charge in [0.25, 0.3) is 0 Å². The minimum Gasteiger partial charge on any atom is -0.398 e. The summed E-state index contributed by atoms with van der Waals surface area (Å²) < 4.78 is 63.2. The summed E-state index contributed by atoms with van der Waals surface area (Å²) >= 11 is 0. The van der Waals surface area contributed by atoms with Gasteiger partial charge in [0.15, 0.2) is 24.3 Å². The van der Waals surface area contributed by atoms with Crippen molar-refractivity contribution in [3.05, 3.63) is 23.8 Å². The average molecular weight is 426 g/mol. The van der Waals surface area contributed by atoms with Crippen LogP contribution in [-0.4, -0.2) is 47.2 Å². The van der Waals surface area contributed by atoms with E-state index in [4.69, 9.17) is 10.3 Å². The monoisotopic (exact) mass is 425 g/mol. The van der Waals surface area contributed by atoms with Crippen LogP contribution in [0.2, 0.25) is 0 Å². The number of rotatable bonds is 10. The molecule has 0 bridgehead atoms. The third-order valence-corrected chi connectivity index (χ3v) is 10.5. The lowest BCUT2D eigenvalue weighted by Crippen LogP contribution is -2.28. The summed E-state index contributed by atoms with van der Waals surface area (Å²) in [6.45, 7) is 3.60. The van der Waals surface area contributed by atoms with E-state index >= 15 is 0 Å². The maximum absolute atomic E-state index is 12.6. The Kier molecular flexibility index (Phi) is 7.89. The maximum Gasteiger partial charge on any atom is 0.231 e. The highest BCUT2D eigenvalue weighted by Gasteiger charge is 2.30. The van der Waals surface area contributed by atoms with Gasteiger partial charge in [0, 0.05) is 24.9 Å². The quantitative estimate of drug-likeness (QED) is 0.346. The molecule has 1 unspecified atom stereocenters. The molecule has 2 N–H and O–H groups in total. The normalized spacial score (nSPS) is 15.1. The van der Waals surface area contributed by atoms with Gasteiger partial charge in [-0.05, 0) is 43.9 Å². The highest BCUT2D eigenvalue weighted by Crippen LogP contribution is 2.43. The van der Waals surface area contributed by atoms with E-state index in [0.29, 0.717) is 36.9 Å². The van der Waals surface area contributed by atoms with Gasteiger partial charge in [0.1, 0.15) is 0 Å². The zero-order valence-electron chi connectivity index (χ0n) is 15.6. The van der Waals surface area contributed by atoms with Crippen LogP contribution in [0.5, 0.6) is 0 Å². The first-order chi connectivity index (χ1) is 11.8. The van der Waals surface area contributed by atoms with E-state index in [1.165, 1.54) is 6.66 Å². The fourth-order valence-electron chi connectivity index (χ4n) is 2.80. The standard InChI is InChI=1S/C16H28NO6PS2/c1-5-23-24(2,18)15-12-13(10-11-14(15)17)8-6-7-9-16(25(3,19)20)26(4,21)22/h10-12,16H,5-9,17H2,1-4H3. The van der Waals surface area contributed by atoms with Gasteiger partial charge >= 0.3 is 0 Å². The Morgan fingerprint density at radius 1 is 1.12 bits per heavy atom. The van der Waals surface area contributed by atoms with Crippen molar-refractivity contribution in [2.45, 2.75) is 37.2 Å². The molecule has 0 aliphatic carbocycles. The topological polar surface area (TPSA) is 121 Å². The van der Waals surface area contributed by atoms with Crippen LogP contribution in [0.15, 0.2) is 18.2 Å². The molecule has 0 aromatic heterocycles. The Hall–Kier alpha value is -0.890. The molecular formula is C16H28NO6PS2. The lowest BCUT2D eigenvalue weighted by Gasteiger charge is -2.16. The molecule has 1 aromatic carbocycles. The Morgan fingerprint density at radius 3 is 2.19 bits per heavy atom. The first-order valence-electron chi connectivity index (χ1n) is 8.27. The molecule has 1 aromatic rings. The van der Waals surface area contributed by atoms with E-state index in [1.54, 1.807) is 19.1 Å². The van der Waals surface area contributed by atoms with Gasteiger partial charge < -0.3 is 10.3 Å². The van der Waals surface area contributed by atoms with Crippen molar-refractivity contribution >= 4 is 38.0 Å². The van der Waals surface area contributed by atoms with Gasteiger partial charge in [-0.3, -0.25) is 4.57 Å². The first-order valence-corrected chi connectivity index (χ1v) is 14.3. The van der Waals surface area contributed by atoms with E-state index in [0.717, 1.165) is 18.1 Å². The third kappa shape index (κ3) is 6.68. The van der Waals surface area contributed by atoms with Crippen molar-refractivity contribution < 1.29 is 25.9 Å². The smallest absolute Gasteiger partial charge is 0.231 e. The molecule has 10 heteroatoms. The number of nitrogen functional groups attached to an aromatic ring is 1. The molecule has 0 spiro atoms. The number of sulfone groups is 2. The van der Waals surface area contributed by atoms with Gasteiger partial charge in [-0.25, -0.2) is 16.8 Å². The van der Waals surface area contributed by atoms with Crippen molar-refractivity contribution in [1.29, 1.82) is 0 Å². The molecule has 0 saturated heterocycles. The van der Waals surface area contributed by atoms with Gasteiger partial charge in [-0.1, -0.05) is 12.5 Å². The van der Waals surface area contributed by atoms with Crippen molar-refractivity contribution in [2.24, 2.45) is 0 Å². The summed E-state index contributed by atoms with van der Waals surface area (Å²) in [4.78, 5) is 0. The first kappa shape index (κ1) is 23.1. The van der Waals surface area contributed by atoms with Gasteiger partial charge in [-0.15, -0.1) is 0 Å². The van der Waals surface area contributed by atoms with Gasteiger partial charge in [0.2, 0.25) is 7.37 Å². The number of aryl methyl sites for hydroxylation is 1. The molecule has 0 amide bonds. The van der Waals surface area contributed by atoms with Crippen LogP contribution in [0.3, 0.4) is 0 Å². The molecule has 0 aliphatic rings. The lowest BCUT2D eigenvalue weighted by atomic mass is 10.1. The summed E-state index contributed by atoms with van der Waals surface area (Å²) in [5.41, 5.74) is 7.21. The van der Waals surface area contributed by atoms with E-state index in [9.17, 15) is 21.4 Å². The van der Waals surface area contributed by atoms with E-state index in [-0.39, 0.29) is 6.42 Å². The molecule has 0 heterocycles. The van der Waals surface area contributed by atoms with Crippen molar-refractivity contribution in [3.8, 4) is 0 Å². The molecule has 150 valence electrons. The fraction of sp³-hybridized carbons (Fsp3) is 0.625. The van der Waals surface area contributed by atoms with Crippen LogP contribution in [0.1, 0.15) is 31.7 Å². The summed E-state index contributed by atoms with van der Waals surface area (Å²) in [6.07, 6.45) is 3.59. The minimum absolute atomic E-state index is 0.0602. The van der Waals surface area contributed by atoms with Crippen molar-refractivity contribution in [2.75, 3.05) is 31.5 Å². The summed E-state index contributed by atoms with van der Waals surface area (Å²) in [6, 6.07) is 5.24. The lowest BCUT2D eigenvalue weighted by molar-refractivity contribution is 0.345. The average Bonchev–Trinajstić information content (AvgIpc) is 2.45. The number of unbranched alkanes of at least 4 members (excludes halogenated alkanes) is 1. The Balaban J connectivity index is 2.79. The number of anilines is 1. The Labute approximate surface area is 156 Å². The second kappa shape index (κ2) is 8.87. The predicted molar refractivity (Wildman–Crippen MR) is 107 cm³/mol. The van der Waals surface area contributed by atoms with Crippen molar-refractivity contribution in [1.82, 2.24) is 0 Å². The summed E-state index contributed by atoms with van der Waals surface area (Å²) in [5.74, 6) is 0. The molecule has 1 rings (SSSR count). The second-order valence-electron chi connectivity index (χ2n) is 6.49. The van der Waals surface area contributed by atoms with E-state index in [2.05, 4.69) is 0 Å². The van der Waals surface area contributed by atoms with Crippen LogP contribution >= 0.6 is 7.37 Å². The third-order valence-electron chi connectivity index (χ3n) is 4.02. The van der Waals surface area contributed by atoms with Crippen molar-refractivity contribution in [3.63, 3.8) is 0 Å². The Bertz CT molecular complexity index is 848. The van der Waals surface area contributed by atoms with Crippen LogP contribution < -0.4 is 11.0 Å². The van der Waals surface area contributed by atoms with Crippen LogP contribution in [-0.2, 0) is 35.2 Å². The van der Waals surface area contributed by atoms with Crippen LogP contribution in [0.4, 0.5) is 5.69 Å². The van der Waals surface area contributed by atoms with E-state index in [1.807, 2.05) is 6.07 Å². The molecule has 26 heavy (non-hydrogen) atoms. The number of benzene rings is 1. The zero-order valence-corrected chi connectivity index (χ0v) is 18.2. The SMILES string of the molecule is CCOP(C)(=O)c1cc(CCCCC(S(C)(=O)=O)S(C)(=O)=O)ccc1N.